The first-order valence-corrected chi connectivity index (χ1v) is 7.35. The molecule has 0 aliphatic carbocycles. The summed E-state index contributed by atoms with van der Waals surface area (Å²) >= 11 is 1.46. The van der Waals surface area contributed by atoms with Gasteiger partial charge in [-0.15, -0.1) is 11.3 Å². The topological polar surface area (TPSA) is 48.5 Å². The van der Waals surface area contributed by atoms with Gasteiger partial charge < -0.3 is 5.32 Å². The normalized spacial score (nSPS) is 25.0. The average Bonchev–Trinajstić information content (AvgIpc) is 2.98. The summed E-state index contributed by atoms with van der Waals surface area (Å²) in [6.07, 6.45) is 4.30. The molecule has 2 aliphatic rings. The van der Waals surface area contributed by atoms with Crippen molar-refractivity contribution in [3.63, 3.8) is 0 Å². The molecule has 0 radical (unpaired) electrons. The molecule has 5 nitrogen and oxygen atoms in total. The fourth-order valence-corrected chi connectivity index (χ4v) is 3.39. The minimum atomic E-state index is 0.0522. The number of piperazine rings is 1. The van der Waals surface area contributed by atoms with Gasteiger partial charge in [-0.05, 0) is 19.4 Å². The third-order valence-electron chi connectivity index (χ3n) is 3.72. The molecule has 0 saturated carbocycles. The SMILES string of the molecule is O=C(CN1CCN2CCCC2C1)Nc1nccs1. The Morgan fingerprint density at radius 2 is 2.44 bits per heavy atom. The molecule has 1 atom stereocenters. The fourth-order valence-electron chi connectivity index (χ4n) is 2.85. The van der Waals surface area contributed by atoms with Gasteiger partial charge in [0.05, 0.1) is 6.54 Å². The molecule has 1 aromatic heterocycles. The molecule has 2 fully saturated rings. The molecule has 2 saturated heterocycles. The van der Waals surface area contributed by atoms with Gasteiger partial charge in [-0.1, -0.05) is 0 Å². The summed E-state index contributed by atoms with van der Waals surface area (Å²) in [5.74, 6) is 0.0522. The molecule has 1 unspecified atom stereocenters. The molecule has 18 heavy (non-hydrogen) atoms. The van der Waals surface area contributed by atoms with Gasteiger partial charge in [-0.3, -0.25) is 14.6 Å². The molecule has 98 valence electrons. The van der Waals surface area contributed by atoms with Gasteiger partial charge in [-0.25, -0.2) is 4.98 Å². The molecule has 1 aromatic rings. The lowest BCUT2D eigenvalue weighted by Crippen LogP contribution is -2.51. The number of aromatic nitrogens is 1. The van der Waals surface area contributed by atoms with Crippen molar-refractivity contribution in [2.75, 3.05) is 38.0 Å². The zero-order valence-electron chi connectivity index (χ0n) is 10.3. The molecular formula is C12H18N4OS. The predicted molar refractivity (Wildman–Crippen MR) is 71.8 cm³/mol. The largest absolute Gasteiger partial charge is 0.301 e. The standard InChI is InChI=1S/C12H18N4OS/c17-11(14-12-13-3-7-18-12)9-15-5-6-16-4-1-2-10(16)8-15/h3,7,10H,1-2,4-6,8-9H2,(H,13,14,17). The van der Waals surface area contributed by atoms with E-state index in [1.807, 2.05) is 5.38 Å². The second kappa shape index (κ2) is 5.34. The van der Waals surface area contributed by atoms with Crippen LogP contribution in [0, 0.1) is 0 Å². The van der Waals surface area contributed by atoms with E-state index in [9.17, 15) is 4.79 Å². The van der Waals surface area contributed by atoms with Crippen molar-refractivity contribution in [3.05, 3.63) is 11.6 Å². The smallest absolute Gasteiger partial charge is 0.240 e. The maximum absolute atomic E-state index is 11.9. The number of carbonyl (C=O) groups excluding carboxylic acids is 1. The van der Waals surface area contributed by atoms with Crippen molar-refractivity contribution in [1.82, 2.24) is 14.8 Å². The van der Waals surface area contributed by atoms with Crippen LogP contribution in [-0.2, 0) is 4.79 Å². The Morgan fingerprint density at radius 3 is 3.28 bits per heavy atom. The molecule has 0 spiro atoms. The number of nitrogens with one attached hydrogen (secondary N) is 1. The Balaban J connectivity index is 1.49. The number of hydrogen-bond donors (Lipinski definition) is 1. The van der Waals surface area contributed by atoms with Crippen molar-refractivity contribution in [1.29, 1.82) is 0 Å². The molecule has 6 heteroatoms. The lowest BCUT2D eigenvalue weighted by Gasteiger charge is -2.36. The second-order valence-electron chi connectivity index (χ2n) is 4.95. The molecule has 3 heterocycles. The highest BCUT2D eigenvalue weighted by Crippen LogP contribution is 2.21. The maximum Gasteiger partial charge on any atom is 0.240 e. The summed E-state index contributed by atoms with van der Waals surface area (Å²) in [7, 11) is 0. The quantitative estimate of drug-likeness (QED) is 0.881. The van der Waals surface area contributed by atoms with E-state index < -0.39 is 0 Å². The Morgan fingerprint density at radius 1 is 1.50 bits per heavy atom. The summed E-state index contributed by atoms with van der Waals surface area (Å²) in [6.45, 7) is 4.87. The minimum absolute atomic E-state index is 0.0522. The van der Waals surface area contributed by atoms with Crippen molar-refractivity contribution in [2.45, 2.75) is 18.9 Å². The molecular weight excluding hydrogens is 248 g/mol. The molecule has 0 bridgehead atoms. The van der Waals surface area contributed by atoms with Crippen molar-refractivity contribution in [2.24, 2.45) is 0 Å². The zero-order chi connectivity index (χ0) is 12.4. The number of amides is 1. The van der Waals surface area contributed by atoms with E-state index in [-0.39, 0.29) is 5.91 Å². The Bertz CT molecular complexity index is 408. The number of fused-ring (bicyclic) bond motifs is 1. The minimum Gasteiger partial charge on any atom is -0.301 e. The first kappa shape index (κ1) is 12.1. The van der Waals surface area contributed by atoms with Crippen LogP contribution in [0.1, 0.15) is 12.8 Å². The summed E-state index contributed by atoms with van der Waals surface area (Å²) in [6, 6.07) is 0.673. The lowest BCUT2D eigenvalue weighted by atomic mass is 10.1. The summed E-state index contributed by atoms with van der Waals surface area (Å²) in [5, 5.41) is 5.40. The van der Waals surface area contributed by atoms with Crippen LogP contribution >= 0.6 is 11.3 Å². The third-order valence-corrected chi connectivity index (χ3v) is 4.41. The number of rotatable bonds is 3. The highest BCUT2D eigenvalue weighted by Gasteiger charge is 2.30. The maximum atomic E-state index is 11.9. The average molecular weight is 266 g/mol. The highest BCUT2D eigenvalue weighted by molar-refractivity contribution is 7.13. The molecule has 1 amide bonds. The summed E-state index contributed by atoms with van der Waals surface area (Å²) < 4.78 is 0. The van der Waals surface area contributed by atoms with Crippen LogP contribution in [-0.4, -0.2) is 59.5 Å². The highest BCUT2D eigenvalue weighted by atomic mass is 32.1. The number of hydrogen-bond acceptors (Lipinski definition) is 5. The van der Waals surface area contributed by atoms with Gasteiger partial charge in [0, 0.05) is 37.3 Å². The van der Waals surface area contributed by atoms with E-state index in [1.165, 1.54) is 30.7 Å². The van der Waals surface area contributed by atoms with Gasteiger partial charge in [0.1, 0.15) is 0 Å². The Labute approximate surface area is 111 Å². The Kier molecular flexibility index (Phi) is 3.58. The van der Waals surface area contributed by atoms with Crippen LogP contribution in [0.5, 0.6) is 0 Å². The van der Waals surface area contributed by atoms with E-state index in [2.05, 4.69) is 20.1 Å². The van der Waals surface area contributed by atoms with Gasteiger partial charge in [-0.2, -0.15) is 0 Å². The first-order valence-electron chi connectivity index (χ1n) is 6.47. The zero-order valence-corrected chi connectivity index (χ0v) is 11.2. The fraction of sp³-hybridized carbons (Fsp3) is 0.667. The van der Waals surface area contributed by atoms with Crippen LogP contribution in [0.25, 0.3) is 0 Å². The van der Waals surface area contributed by atoms with E-state index in [4.69, 9.17) is 0 Å². The molecule has 2 aliphatic heterocycles. The van der Waals surface area contributed by atoms with Crippen molar-refractivity contribution < 1.29 is 4.79 Å². The summed E-state index contributed by atoms with van der Waals surface area (Å²) in [5.41, 5.74) is 0. The van der Waals surface area contributed by atoms with Gasteiger partial charge in [0.25, 0.3) is 0 Å². The molecule has 3 rings (SSSR count). The third kappa shape index (κ3) is 2.71. The lowest BCUT2D eigenvalue weighted by molar-refractivity contribution is -0.117. The molecule has 0 aromatic carbocycles. The second-order valence-corrected chi connectivity index (χ2v) is 5.85. The van der Waals surface area contributed by atoms with Crippen LogP contribution in [0.15, 0.2) is 11.6 Å². The number of carbonyl (C=O) groups is 1. The Hall–Kier alpha value is -0.980. The number of anilines is 1. The van der Waals surface area contributed by atoms with E-state index in [1.54, 1.807) is 6.20 Å². The van der Waals surface area contributed by atoms with E-state index in [0.717, 1.165) is 19.6 Å². The van der Waals surface area contributed by atoms with Gasteiger partial charge in [0.2, 0.25) is 5.91 Å². The molecule has 1 N–H and O–H groups in total. The number of nitrogens with zero attached hydrogens (tertiary/aromatic N) is 3. The monoisotopic (exact) mass is 266 g/mol. The summed E-state index contributed by atoms with van der Waals surface area (Å²) in [4.78, 5) is 20.7. The van der Waals surface area contributed by atoms with Crippen LogP contribution in [0.4, 0.5) is 5.13 Å². The van der Waals surface area contributed by atoms with E-state index >= 15 is 0 Å². The van der Waals surface area contributed by atoms with Crippen molar-refractivity contribution >= 4 is 22.4 Å². The predicted octanol–water partition coefficient (Wildman–Crippen LogP) is 0.862. The van der Waals surface area contributed by atoms with Crippen molar-refractivity contribution in [3.8, 4) is 0 Å². The van der Waals surface area contributed by atoms with Crippen LogP contribution in [0.3, 0.4) is 0 Å². The van der Waals surface area contributed by atoms with Crippen LogP contribution in [0.2, 0.25) is 0 Å². The van der Waals surface area contributed by atoms with Gasteiger partial charge >= 0.3 is 0 Å². The van der Waals surface area contributed by atoms with Crippen LogP contribution < -0.4 is 5.32 Å². The number of thiazole rings is 1. The first-order chi connectivity index (χ1) is 8.81. The van der Waals surface area contributed by atoms with E-state index in [0.29, 0.717) is 17.7 Å². The van der Waals surface area contributed by atoms with Gasteiger partial charge in [0.15, 0.2) is 5.13 Å².